The molecular formula is C31H33FN2O3S. The predicted molar refractivity (Wildman–Crippen MR) is 153 cm³/mol. The number of hydrogen-bond donors (Lipinski definition) is 2. The Morgan fingerprint density at radius 1 is 1.13 bits per heavy atom. The summed E-state index contributed by atoms with van der Waals surface area (Å²) in [5, 5.41) is 14.4. The van der Waals surface area contributed by atoms with Crippen molar-refractivity contribution in [2.75, 3.05) is 25.0 Å². The van der Waals surface area contributed by atoms with Gasteiger partial charge in [0, 0.05) is 40.5 Å². The van der Waals surface area contributed by atoms with Crippen LogP contribution in [0.3, 0.4) is 0 Å². The second kappa shape index (κ2) is 11.1. The molecule has 0 radical (unpaired) electrons. The lowest BCUT2D eigenvalue weighted by Crippen LogP contribution is -2.26. The average Bonchev–Trinajstić information content (AvgIpc) is 3.47. The summed E-state index contributed by atoms with van der Waals surface area (Å²) in [5.41, 5.74) is 2.66. The van der Waals surface area contributed by atoms with Gasteiger partial charge in [0.15, 0.2) is 5.75 Å². The Bertz CT molecular complexity index is 1440. The number of likely N-dealkylation sites (tertiary alicyclic amines) is 1. The molecule has 1 aliphatic heterocycles. The van der Waals surface area contributed by atoms with Gasteiger partial charge in [0.25, 0.3) is 0 Å². The number of benzene rings is 3. The van der Waals surface area contributed by atoms with E-state index in [1.165, 1.54) is 36.3 Å². The third-order valence-corrected chi connectivity index (χ3v) is 8.24. The minimum Gasteiger partial charge on any atom is -0.508 e. The fourth-order valence-corrected chi connectivity index (χ4v) is 6.31. The highest BCUT2D eigenvalue weighted by atomic mass is 32.1. The van der Waals surface area contributed by atoms with Gasteiger partial charge in [-0.1, -0.05) is 13.3 Å². The highest BCUT2D eigenvalue weighted by Gasteiger charge is 2.25. The summed E-state index contributed by atoms with van der Waals surface area (Å²) in [6.07, 6.45) is 3.58. The molecule has 198 valence electrons. The molecule has 0 unspecified atom stereocenters. The number of hydrogen-bond acceptors (Lipinski definition) is 6. The first kappa shape index (κ1) is 26.2. The number of carbonyl (C=O) groups is 1. The van der Waals surface area contributed by atoms with Crippen LogP contribution in [-0.4, -0.2) is 41.5 Å². The normalized spacial score (nSPS) is 15.7. The van der Waals surface area contributed by atoms with Crippen LogP contribution in [0.4, 0.5) is 10.1 Å². The Morgan fingerprint density at radius 3 is 2.58 bits per heavy atom. The third-order valence-electron chi connectivity index (χ3n) is 7.10. The van der Waals surface area contributed by atoms with Crippen molar-refractivity contribution in [2.45, 2.75) is 46.1 Å². The number of carbonyl (C=O) groups excluding carboxylic acids is 1. The summed E-state index contributed by atoms with van der Waals surface area (Å²) < 4.78 is 21.0. The van der Waals surface area contributed by atoms with Crippen LogP contribution in [-0.2, 0) is 0 Å². The first-order valence-corrected chi connectivity index (χ1v) is 14.0. The monoisotopic (exact) mass is 532 g/mol. The standard InChI is InChI=1S/C31H33FN2O3S/c1-4-5-13-34-14-12-23(18-34)33-22-6-9-25(10-7-22)37-30-26-11-8-24(35)17-27(26)38-31(30)29(36)28-19(2)15-21(32)16-20(28)3/h6-11,15-17,23,33,35H,4-5,12-14,18H2,1-3H3/t23-/m0/s1. The number of phenolic OH excluding ortho intramolecular Hbond substituents is 1. The Balaban J connectivity index is 1.40. The van der Waals surface area contributed by atoms with Crippen molar-refractivity contribution in [3.63, 3.8) is 0 Å². The number of nitrogens with zero attached hydrogens (tertiary/aromatic N) is 1. The molecule has 0 spiro atoms. The molecule has 0 amide bonds. The number of unbranched alkanes of at least 4 members (excludes halogenated alkanes) is 1. The van der Waals surface area contributed by atoms with E-state index in [2.05, 4.69) is 17.1 Å². The topological polar surface area (TPSA) is 61.8 Å². The summed E-state index contributed by atoms with van der Waals surface area (Å²) in [7, 11) is 0. The zero-order valence-corrected chi connectivity index (χ0v) is 22.8. The Hall–Kier alpha value is -3.42. The first-order valence-electron chi connectivity index (χ1n) is 13.2. The highest BCUT2D eigenvalue weighted by Crippen LogP contribution is 2.43. The van der Waals surface area contributed by atoms with Gasteiger partial charge in [-0.25, -0.2) is 4.39 Å². The number of fused-ring (bicyclic) bond motifs is 1. The largest absolute Gasteiger partial charge is 0.508 e. The van der Waals surface area contributed by atoms with Crippen LogP contribution in [0.5, 0.6) is 17.2 Å². The van der Waals surface area contributed by atoms with Gasteiger partial charge < -0.3 is 20.1 Å². The van der Waals surface area contributed by atoms with Crippen LogP contribution < -0.4 is 10.1 Å². The number of anilines is 1. The molecule has 38 heavy (non-hydrogen) atoms. The van der Waals surface area contributed by atoms with Gasteiger partial charge in [-0.05, 0) is 99.0 Å². The molecule has 0 saturated carbocycles. The van der Waals surface area contributed by atoms with Gasteiger partial charge in [0.05, 0.1) is 0 Å². The lowest BCUT2D eigenvalue weighted by Gasteiger charge is -2.17. The maximum atomic E-state index is 13.9. The number of ether oxygens (including phenoxy) is 1. The minimum atomic E-state index is -0.366. The van der Waals surface area contributed by atoms with Crippen molar-refractivity contribution in [3.8, 4) is 17.2 Å². The SMILES string of the molecule is CCCCN1CC[C@H](Nc2ccc(Oc3c(C(=O)c4c(C)cc(F)cc4C)sc4cc(O)ccc34)cc2)C1. The van der Waals surface area contributed by atoms with Gasteiger partial charge in [0.1, 0.15) is 22.2 Å². The van der Waals surface area contributed by atoms with Crippen molar-refractivity contribution in [1.82, 2.24) is 4.90 Å². The molecule has 1 atom stereocenters. The number of ketones is 1. The zero-order valence-electron chi connectivity index (χ0n) is 22.0. The van der Waals surface area contributed by atoms with E-state index in [9.17, 15) is 14.3 Å². The Morgan fingerprint density at radius 2 is 1.87 bits per heavy atom. The maximum Gasteiger partial charge on any atom is 0.207 e. The molecule has 4 aromatic rings. The molecule has 0 bridgehead atoms. The van der Waals surface area contributed by atoms with Crippen LogP contribution in [0.2, 0.25) is 0 Å². The smallest absolute Gasteiger partial charge is 0.207 e. The van der Waals surface area contributed by atoms with E-state index in [0.29, 0.717) is 39.1 Å². The van der Waals surface area contributed by atoms with Gasteiger partial charge in [-0.2, -0.15) is 0 Å². The van der Waals surface area contributed by atoms with Crippen LogP contribution in [0.15, 0.2) is 54.6 Å². The third kappa shape index (κ3) is 5.54. The highest BCUT2D eigenvalue weighted by molar-refractivity contribution is 7.21. The number of phenols is 1. The van der Waals surface area contributed by atoms with Crippen molar-refractivity contribution >= 4 is 32.9 Å². The maximum absolute atomic E-state index is 13.9. The summed E-state index contributed by atoms with van der Waals surface area (Å²) in [6, 6.07) is 16.0. The summed E-state index contributed by atoms with van der Waals surface area (Å²) in [6.45, 7) is 9.04. The minimum absolute atomic E-state index is 0.119. The molecule has 1 saturated heterocycles. The van der Waals surface area contributed by atoms with Crippen molar-refractivity contribution in [3.05, 3.63) is 82.0 Å². The number of nitrogens with one attached hydrogen (secondary N) is 1. The molecule has 1 aromatic heterocycles. The van der Waals surface area contributed by atoms with E-state index < -0.39 is 0 Å². The molecule has 3 aromatic carbocycles. The summed E-state index contributed by atoms with van der Waals surface area (Å²) in [4.78, 5) is 16.7. The average molecular weight is 533 g/mol. The number of rotatable bonds is 9. The fourth-order valence-electron chi connectivity index (χ4n) is 5.20. The van der Waals surface area contributed by atoms with E-state index in [1.807, 2.05) is 24.3 Å². The lowest BCUT2D eigenvalue weighted by molar-refractivity contribution is 0.103. The molecule has 5 nitrogen and oxygen atoms in total. The van der Waals surface area contributed by atoms with Crippen LogP contribution >= 0.6 is 11.3 Å². The summed E-state index contributed by atoms with van der Waals surface area (Å²) >= 11 is 1.27. The van der Waals surface area contributed by atoms with E-state index >= 15 is 0 Å². The molecular weight excluding hydrogens is 499 g/mol. The van der Waals surface area contributed by atoms with E-state index in [4.69, 9.17) is 4.74 Å². The van der Waals surface area contributed by atoms with Crippen molar-refractivity contribution < 1.29 is 19.0 Å². The number of thiophene rings is 1. The molecule has 7 heteroatoms. The van der Waals surface area contributed by atoms with Gasteiger partial charge in [-0.3, -0.25) is 4.79 Å². The number of aryl methyl sites for hydroxylation is 2. The Labute approximate surface area is 226 Å². The molecule has 2 heterocycles. The second-order valence-electron chi connectivity index (χ2n) is 10.1. The van der Waals surface area contributed by atoms with Crippen molar-refractivity contribution in [1.29, 1.82) is 0 Å². The summed E-state index contributed by atoms with van der Waals surface area (Å²) in [5.74, 6) is 0.591. The van der Waals surface area contributed by atoms with Crippen LogP contribution in [0.25, 0.3) is 10.1 Å². The van der Waals surface area contributed by atoms with Crippen LogP contribution in [0.1, 0.15) is 52.5 Å². The number of aromatic hydroxyl groups is 1. The lowest BCUT2D eigenvalue weighted by atomic mass is 9.97. The van der Waals surface area contributed by atoms with Gasteiger partial charge in [-0.15, -0.1) is 11.3 Å². The van der Waals surface area contributed by atoms with E-state index in [1.54, 1.807) is 32.0 Å². The Kier molecular flexibility index (Phi) is 7.68. The molecule has 1 fully saturated rings. The molecule has 2 N–H and O–H groups in total. The number of halogens is 1. The quantitative estimate of drug-likeness (QED) is 0.217. The molecule has 1 aliphatic rings. The van der Waals surface area contributed by atoms with E-state index in [-0.39, 0.29) is 17.3 Å². The molecule has 0 aliphatic carbocycles. The van der Waals surface area contributed by atoms with Crippen molar-refractivity contribution in [2.24, 2.45) is 0 Å². The van der Waals surface area contributed by atoms with Crippen LogP contribution in [0, 0.1) is 19.7 Å². The fraction of sp³-hybridized carbons (Fsp3) is 0.323. The second-order valence-corrected chi connectivity index (χ2v) is 11.1. The predicted octanol–water partition coefficient (Wildman–Crippen LogP) is 7.67. The zero-order chi connectivity index (χ0) is 26.8. The van der Waals surface area contributed by atoms with Gasteiger partial charge >= 0.3 is 0 Å². The van der Waals surface area contributed by atoms with E-state index in [0.717, 1.165) is 41.8 Å². The van der Waals surface area contributed by atoms with Gasteiger partial charge in [0.2, 0.25) is 5.78 Å². The molecule has 5 rings (SSSR count). The first-order chi connectivity index (χ1) is 18.3.